The van der Waals surface area contributed by atoms with Crippen LogP contribution in [0.15, 0.2) is 72.2 Å². The third kappa shape index (κ3) is 3.32. The van der Waals surface area contributed by atoms with Crippen molar-refractivity contribution in [1.29, 1.82) is 0 Å². The molecular weight excluding hydrogens is 350 g/mol. The maximum absolute atomic E-state index is 13.2. The van der Waals surface area contributed by atoms with Crippen molar-refractivity contribution < 1.29 is 17.9 Å². The number of rotatable bonds is 6. The Bertz CT molecular complexity index is 920. The summed E-state index contributed by atoms with van der Waals surface area (Å²) in [6.07, 6.45) is 6.01. The van der Waals surface area contributed by atoms with Crippen molar-refractivity contribution >= 4 is 15.7 Å². The van der Waals surface area contributed by atoms with Gasteiger partial charge in [0.2, 0.25) is 0 Å². The van der Waals surface area contributed by atoms with E-state index in [1.165, 1.54) is 4.31 Å². The van der Waals surface area contributed by atoms with Crippen LogP contribution in [0.5, 0.6) is 11.5 Å². The van der Waals surface area contributed by atoms with Crippen LogP contribution in [-0.4, -0.2) is 28.7 Å². The fourth-order valence-electron chi connectivity index (χ4n) is 2.91. The van der Waals surface area contributed by atoms with E-state index in [0.29, 0.717) is 30.2 Å². The van der Waals surface area contributed by atoms with Crippen LogP contribution in [0.4, 0.5) is 5.69 Å². The van der Waals surface area contributed by atoms with Gasteiger partial charge >= 0.3 is 0 Å². The van der Waals surface area contributed by atoms with Gasteiger partial charge in [0.15, 0.2) is 11.5 Å². The highest BCUT2D eigenvalue weighted by molar-refractivity contribution is 7.92. The SMILES string of the molecule is C=CCN(c1ccc(OC)c2c1CC=CCO2)S(=O)(=O)c1ccccc1. The Balaban J connectivity index is 2.18. The zero-order chi connectivity index (χ0) is 18.6. The van der Waals surface area contributed by atoms with E-state index in [2.05, 4.69) is 6.58 Å². The van der Waals surface area contributed by atoms with Crippen molar-refractivity contribution in [2.45, 2.75) is 11.3 Å². The van der Waals surface area contributed by atoms with Crippen LogP contribution in [0.2, 0.25) is 0 Å². The van der Waals surface area contributed by atoms with Gasteiger partial charge in [0.25, 0.3) is 10.0 Å². The lowest BCUT2D eigenvalue weighted by Crippen LogP contribution is -2.32. The number of sulfonamides is 1. The van der Waals surface area contributed by atoms with Gasteiger partial charge in [-0.1, -0.05) is 36.4 Å². The summed E-state index contributed by atoms with van der Waals surface area (Å²) in [7, 11) is -2.17. The fraction of sp³-hybridized carbons (Fsp3) is 0.200. The molecule has 5 nitrogen and oxygen atoms in total. The molecule has 0 saturated heterocycles. The summed E-state index contributed by atoms with van der Waals surface area (Å²) in [6.45, 7) is 4.29. The Labute approximate surface area is 154 Å². The third-order valence-corrected chi connectivity index (χ3v) is 5.92. The van der Waals surface area contributed by atoms with Crippen molar-refractivity contribution in [3.63, 3.8) is 0 Å². The number of hydrogen-bond donors (Lipinski definition) is 0. The second-order valence-corrected chi connectivity index (χ2v) is 7.58. The normalized spacial score (nSPS) is 13.3. The number of hydrogen-bond acceptors (Lipinski definition) is 4. The molecule has 0 aromatic heterocycles. The minimum atomic E-state index is -3.74. The van der Waals surface area contributed by atoms with Crippen molar-refractivity contribution in [3.05, 3.63) is 72.8 Å². The summed E-state index contributed by atoms with van der Waals surface area (Å²) in [5, 5.41) is 0. The van der Waals surface area contributed by atoms with E-state index in [0.717, 1.165) is 5.56 Å². The molecule has 26 heavy (non-hydrogen) atoms. The lowest BCUT2D eigenvalue weighted by Gasteiger charge is -2.27. The van der Waals surface area contributed by atoms with Crippen molar-refractivity contribution in [3.8, 4) is 11.5 Å². The average molecular weight is 371 g/mol. The van der Waals surface area contributed by atoms with Gasteiger partial charge in [-0.3, -0.25) is 4.31 Å². The first-order chi connectivity index (χ1) is 12.6. The van der Waals surface area contributed by atoms with Crippen LogP contribution in [0, 0.1) is 0 Å². The summed E-state index contributed by atoms with van der Waals surface area (Å²) in [5.74, 6) is 1.16. The predicted molar refractivity (Wildman–Crippen MR) is 103 cm³/mol. The Morgan fingerprint density at radius 3 is 2.65 bits per heavy atom. The summed E-state index contributed by atoms with van der Waals surface area (Å²) >= 11 is 0. The third-order valence-electron chi connectivity index (χ3n) is 4.13. The molecular formula is C20H21NO4S. The monoisotopic (exact) mass is 371 g/mol. The molecule has 0 fully saturated rings. The molecule has 0 bridgehead atoms. The van der Waals surface area contributed by atoms with Gasteiger partial charge < -0.3 is 9.47 Å². The molecule has 136 valence electrons. The molecule has 0 unspecified atom stereocenters. The molecule has 0 spiro atoms. The van der Waals surface area contributed by atoms with E-state index in [1.54, 1.807) is 55.7 Å². The molecule has 2 aromatic rings. The lowest BCUT2D eigenvalue weighted by molar-refractivity contribution is 0.326. The van der Waals surface area contributed by atoms with E-state index >= 15 is 0 Å². The summed E-state index contributed by atoms with van der Waals surface area (Å²) < 4.78 is 39.0. The second-order valence-electron chi connectivity index (χ2n) is 5.72. The van der Waals surface area contributed by atoms with Gasteiger partial charge in [-0.15, -0.1) is 6.58 Å². The highest BCUT2D eigenvalue weighted by atomic mass is 32.2. The molecule has 1 heterocycles. The maximum Gasteiger partial charge on any atom is 0.264 e. The van der Waals surface area contributed by atoms with E-state index in [1.807, 2.05) is 12.2 Å². The first kappa shape index (κ1) is 18.1. The second kappa shape index (κ2) is 7.66. The molecule has 0 saturated carbocycles. The van der Waals surface area contributed by atoms with E-state index in [-0.39, 0.29) is 11.4 Å². The van der Waals surface area contributed by atoms with Crippen molar-refractivity contribution in [2.75, 3.05) is 24.6 Å². The van der Waals surface area contributed by atoms with Crippen LogP contribution in [0.3, 0.4) is 0 Å². The number of fused-ring (bicyclic) bond motifs is 1. The first-order valence-corrected chi connectivity index (χ1v) is 9.70. The maximum atomic E-state index is 13.2. The number of allylic oxidation sites excluding steroid dienone is 1. The molecule has 0 radical (unpaired) electrons. The largest absolute Gasteiger partial charge is 0.493 e. The molecule has 0 aliphatic carbocycles. The smallest absolute Gasteiger partial charge is 0.264 e. The van der Waals surface area contributed by atoms with Crippen molar-refractivity contribution in [2.24, 2.45) is 0 Å². The average Bonchev–Trinajstić information content (AvgIpc) is 2.92. The minimum Gasteiger partial charge on any atom is -0.493 e. The molecule has 0 N–H and O–H groups in total. The van der Waals surface area contributed by atoms with Crippen LogP contribution in [0.1, 0.15) is 5.56 Å². The summed E-state index contributed by atoms with van der Waals surface area (Å²) in [4.78, 5) is 0.233. The molecule has 0 amide bonds. The molecule has 6 heteroatoms. The topological polar surface area (TPSA) is 55.8 Å². The fourth-order valence-corrected chi connectivity index (χ4v) is 4.40. The van der Waals surface area contributed by atoms with Gasteiger partial charge in [0.05, 0.1) is 24.2 Å². The minimum absolute atomic E-state index is 0.152. The van der Waals surface area contributed by atoms with Crippen molar-refractivity contribution in [1.82, 2.24) is 0 Å². The zero-order valence-corrected chi connectivity index (χ0v) is 15.4. The quantitative estimate of drug-likeness (QED) is 0.729. The molecule has 1 aliphatic rings. The molecule has 1 aliphatic heterocycles. The number of methoxy groups -OCH3 is 1. The van der Waals surface area contributed by atoms with Gasteiger partial charge in [0, 0.05) is 5.56 Å². The lowest BCUT2D eigenvalue weighted by atomic mass is 10.1. The number of anilines is 1. The number of benzene rings is 2. The van der Waals surface area contributed by atoms with Crippen LogP contribution < -0.4 is 13.8 Å². The van der Waals surface area contributed by atoms with E-state index < -0.39 is 10.0 Å². The van der Waals surface area contributed by atoms with E-state index in [4.69, 9.17) is 9.47 Å². The van der Waals surface area contributed by atoms with Crippen LogP contribution in [-0.2, 0) is 16.4 Å². The van der Waals surface area contributed by atoms with Gasteiger partial charge in [-0.2, -0.15) is 0 Å². The van der Waals surface area contributed by atoms with Crippen LogP contribution >= 0.6 is 0 Å². The van der Waals surface area contributed by atoms with Gasteiger partial charge in [-0.05, 0) is 30.7 Å². The highest BCUT2D eigenvalue weighted by Gasteiger charge is 2.28. The Morgan fingerprint density at radius 2 is 1.96 bits per heavy atom. The van der Waals surface area contributed by atoms with E-state index in [9.17, 15) is 8.42 Å². The predicted octanol–water partition coefficient (Wildman–Crippen LogP) is 3.57. The van der Waals surface area contributed by atoms with Gasteiger partial charge in [0.1, 0.15) is 6.61 Å². The standard InChI is InChI=1S/C20H21NO4S/c1-3-14-21(26(22,23)16-9-5-4-6-10-16)18-12-13-19(24-2)20-17(18)11-7-8-15-25-20/h3-10,12-13H,1,11,14-15H2,2H3. The molecule has 0 atom stereocenters. The number of ether oxygens (including phenoxy) is 2. The van der Waals surface area contributed by atoms with Gasteiger partial charge in [-0.25, -0.2) is 8.42 Å². The Hall–Kier alpha value is -2.73. The highest BCUT2D eigenvalue weighted by Crippen LogP contribution is 2.41. The van der Waals surface area contributed by atoms with Crippen LogP contribution in [0.25, 0.3) is 0 Å². The zero-order valence-electron chi connectivity index (χ0n) is 14.6. The number of nitrogens with zero attached hydrogens (tertiary/aromatic N) is 1. The Morgan fingerprint density at radius 1 is 1.19 bits per heavy atom. The molecule has 3 rings (SSSR count). The first-order valence-electron chi connectivity index (χ1n) is 8.26. The summed E-state index contributed by atoms with van der Waals surface area (Å²) in [5.41, 5.74) is 1.34. The molecule has 2 aromatic carbocycles. The Kier molecular flexibility index (Phi) is 5.32. The summed E-state index contributed by atoms with van der Waals surface area (Å²) in [6, 6.07) is 11.9.